The van der Waals surface area contributed by atoms with Crippen LogP contribution in [-0.4, -0.2) is 92.8 Å². The van der Waals surface area contributed by atoms with Crippen LogP contribution < -0.4 is 0 Å². The van der Waals surface area contributed by atoms with Crippen molar-refractivity contribution in [3.05, 3.63) is 0 Å². The molecule has 0 radical (unpaired) electrons. The number of likely N-dealkylation sites (N-methyl/N-ethyl adjacent to an activating group) is 2. The van der Waals surface area contributed by atoms with Crippen molar-refractivity contribution < 1.29 is 13.8 Å². The first-order valence-corrected chi connectivity index (χ1v) is 9.97. The molecule has 21 heavy (non-hydrogen) atoms. The van der Waals surface area contributed by atoms with E-state index >= 15 is 0 Å². The lowest BCUT2D eigenvalue weighted by atomic mass is 10.2. The Bertz CT molecular complexity index is 364. The molecule has 6 nitrogen and oxygen atoms in total. The van der Waals surface area contributed by atoms with E-state index in [-0.39, 0.29) is 12.2 Å². The summed E-state index contributed by atoms with van der Waals surface area (Å²) >= 11 is 0. The fraction of sp³-hybridized carbons (Fsp3) is 1.00. The van der Waals surface area contributed by atoms with Gasteiger partial charge in [-0.25, -0.2) is 4.67 Å². The van der Waals surface area contributed by atoms with Crippen LogP contribution in [0.3, 0.4) is 0 Å². The van der Waals surface area contributed by atoms with Crippen molar-refractivity contribution in [2.75, 3.05) is 66.1 Å². The van der Waals surface area contributed by atoms with Gasteiger partial charge in [-0.05, 0) is 20.5 Å². The third-order valence-corrected chi connectivity index (χ3v) is 6.37. The van der Waals surface area contributed by atoms with Crippen LogP contribution in [-0.2, 0) is 13.8 Å². The molecular weight excluding hydrogens is 289 g/mol. The molecule has 0 aromatic rings. The number of ether oxygens (including phenoxy) is 1. The first kappa shape index (κ1) is 17.4. The number of piperazine rings is 1. The van der Waals surface area contributed by atoms with Gasteiger partial charge in [-0.1, -0.05) is 6.92 Å². The molecule has 0 amide bonds. The monoisotopic (exact) mass is 319 g/mol. The van der Waals surface area contributed by atoms with Crippen molar-refractivity contribution >= 4 is 7.52 Å². The van der Waals surface area contributed by atoms with E-state index in [0.29, 0.717) is 6.61 Å². The van der Waals surface area contributed by atoms with Crippen LogP contribution in [0, 0.1) is 0 Å². The van der Waals surface area contributed by atoms with Gasteiger partial charge in [0, 0.05) is 45.9 Å². The maximum atomic E-state index is 12.8. The molecule has 0 aromatic heterocycles. The normalized spacial score (nSPS) is 33.0. The van der Waals surface area contributed by atoms with Gasteiger partial charge in [-0.2, -0.15) is 0 Å². The molecule has 0 bridgehead atoms. The van der Waals surface area contributed by atoms with Crippen LogP contribution in [0.25, 0.3) is 0 Å². The quantitative estimate of drug-likeness (QED) is 0.709. The van der Waals surface area contributed by atoms with Crippen LogP contribution in [0.5, 0.6) is 0 Å². The van der Waals surface area contributed by atoms with E-state index in [4.69, 9.17) is 9.26 Å². The fourth-order valence-corrected chi connectivity index (χ4v) is 4.60. The Morgan fingerprint density at radius 2 is 1.90 bits per heavy atom. The summed E-state index contributed by atoms with van der Waals surface area (Å²) in [6, 6.07) is 0. The van der Waals surface area contributed by atoms with Crippen molar-refractivity contribution in [3.8, 4) is 0 Å². The van der Waals surface area contributed by atoms with Crippen molar-refractivity contribution in [1.29, 1.82) is 0 Å². The summed E-state index contributed by atoms with van der Waals surface area (Å²) < 4.78 is 26.4. The molecule has 0 aromatic carbocycles. The van der Waals surface area contributed by atoms with Crippen LogP contribution in [0.2, 0.25) is 0 Å². The summed E-state index contributed by atoms with van der Waals surface area (Å²) in [5.74, 6) is 0. The predicted octanol–water partition coefficient (Wildman–Crippen LogP) is 1.18. The zero-order valence-corrected chi connectivity index (χ0v) is 14.7. The van der Waals surface area contributed by atoms with Gasteiger partial charge >= 0.3 is 0 Å². The maximum absolute atomic E-state index is 12.8. The molecule has 2 heterocycles. The topological polar surface area (TPSA) is 45.2 Å². The average Bonchev–Trinajstić information content (AvgIpc) is 2.44. The molecule has 3 atom stereocenters. The van der Waals surface area contributed by atoms with Gasteiger partial charge in [0.05, 0.1) is 18.8 Å². The van der Waals surface area contributed by atoms with E-state index in [2.05, 4.69) is 30.7 Å². The van der Waals surface area contributed by atoms with E-state index in [1.807, 2.05) is 4.67 Å². The second-order valence-corrected chi connectivity index (χ2v) is 8.71. The molecule has 0 aliphatic carbocycles. The summed E-state index contributed by atoms with van der Waals surface area (Å²) in [5, 5.41) is 0. The van der Waals surface area contributed by atoms with Gasteiger partial charge < -0.3 is 19.1 Å². The second kappa shape index (κ2) is 7.53. The minimum absolute atomic E-state index is 0.0176. The third-order valence-electron chi connectivity index (χ3n) is 4.32. The van der Waals surface area contributed by atoms with Gasteiger partial charge in [-0.3, -0.25) is 4.57 Å². The molecule has 0 N–H and O–H groups in total. The van der Waals surface area contributed by atoms with E-state index in [0.717, 1.165) is 45.8 Å². The number of hydrogen-bond acceptors (Lipinski definition) is 5. The van der Waals surface area contributed by atoms with Crippen molar-refractivity contribution in [2.45, 2.75) is 26.1 Å². The third kappa shape index (κ3) is 5.02. The highest BCUT2D eigenvalue weighted by molar-refractivity contribution is 7.55. The Hall–Kier alpha value is 0.0300. The lowest BCUT2D eigenvalue weighted by molar-refractivity contribution is -0.0854. The van der Waals surface area contributed by atoms with Crippen molar-refractivity contribution in [3.63, 3.8) is 0 Å². The standard InChI is InChI=1S/C14H30N3O3P/c1-5-16-6-8-17(9-7-16)21(4,18)19-12-14-11-15(3)10-13(2)20-14/h13-14H,5-12H2,1-4H3. The van der Waals surface area contributed by atoms with Gasteiger partial charge in [0.1, 0.15) is 0 Å². The molecule has 0 saturated carbocycles. The molecule has 2 aliphatic rings. The zero-order chi connectivity index (χ0) is 15.5. The Morgan fingerprint density at radius 1 is 1.24 bits per heavy atom. The summed E-state index contributed by atoms with van der Waals surface area (Å²) in [7, 11) is -0.618. The minimum atomic E-state index is -2.70. The second-order valence-electron chi connectivity index (χ2n) is 6.28. The van der Waals surface area contributed by atoms with Crippen LogP contribution in [0.1, 0.15) is 13.8 Å². The molecule has 7 heteroatoms. The average molecular weight is 319 g/mol. The Balaban J connectivity index is 1.80. The number of hydrogen-bond donors (Lipinski definition) is 0. The van der Waals surface area contributed by atoms with Crippen LogP contribution in [0.4, 0.5) is 0 Å². The number of rotatable bonds is 5. The first-order chi connectivity index (χ1) is 9.90. The molecular formula is C14H30N3O3P. The zero-order valence-electron chi connectivity index (χ0n) is 13.8. The Kier molecular flexibility index (Phi) is 6.24. The predicted molar refractivity (Wildman–Crippen MR) is 85.0 cm³/mol. The first-order valence-electron chi connectivity index (χ1n) is 7.94. The van der Waals surface area contributed by atoms with E-state index in [1.165, 1.54) is 0 Å². The van der Waals surface area contributed by atoms with E-state index < -0.39 is 7.52 Å². The van der Waals surface area contributed by atoms with E-state index in [1.54, 1.807) is 6.66 Å². The van der Waals surface area contributed by atoms with E-state index in [9.17, 15) is 4.57 Å². The molecule has 2 aliphatic heterocycles. The Morgan fingerprint density at radius 3 is 2.48 bits per heavy atom. The summed E-state index contributed by atoms with van der Waals surface area (Å²) in [6.07, 6.45) is 0.227. The lowest BCUT2D eigenvalue weighted by Gasteiger charge is -2.38. The van der Waals surface area contributed by atoms with Gasteiger partial charge in [0.15, 0.2) is 0 Å². The number of morpholine rings is 1. The lowest BCUT2D eigenvalue weighted by Crippen LogP contribution is -2.47. The molecule has 2 rings (SSSR count). The highest BCUT2D eigenvalue weighted by atomic mass is 31.2. The summed E-state index contributed by atoms with van der Waals surface area (Å²) in [6.45, 7) is 12.8. The molecule has 124 valence electrons. The maximum Gasteiger partial charge on any atom is 0.269 e. The summed E-state index contributed by atoms with van der Waals surface area (Å²) in [4.78, 5) is 4.61. The number of nitrogens with zero attached hydrogens (tertiary/aromatic N) is 3. The molecule has 0 spiro atoms. The van der Waals surface area contributed by atoms with Gasteiger partial charge in [0.25, 0.3) is 7.52 Å². The molecule has 2 saturated heterocycles. The van der Waals surface area contributed by atoms with Crippen LogP contribution >= 0.6 is 7.52 Å². The van der Waals surface area contributed by atoms with Gasteiger partial charge in [0.2, 0.25) is 0 Å². The van der Waals surface area contributed by atoms with Gasteiger partial charge in [-0.15, -0.1) is 0 Å². The van der Waals surface area contributed by atoms with Crippen LogP contribution in [0.15, 0.2) is 0 Å². The Labute approximate surface area is 128 Å². The molecule has 2 fully saturated rings. The largest absolute Gasteiger partial charge is 0.370 e. The summed E-state index contributed by atoms with van der Waals surface area (Å²) in [5.41, 5.74) is 0. The SMILES string of the molecule is CCN1CCN(P(C)(=O)OCC2CN(C)CC(C)O2)CC1. The van der Waals surface area contributed by atoms with Crippen molar-refractivity contribution in [2.24, 2.45) is 0 Å². The van der Waals surface area contributed by atoms with Crippen molar-refractivity contribution in [1.82, 2.24) is 14.5 Å². The fourth-order valence-electron chi connectivity index (χ4n) is 3.09. The minimum Gasteiger partial charge on any atom is -0.370 e. The smallest absolute Gasteiger partial charge is 0.269 e. The molecule has 3 unspecified atom stereocenters. The highest BCUT2D eigenvalue weighted by Crippen LogP contribution is 2.47. The highest BCUT2D eigenvalue weighted by Gasteiger charge is 2.31.